The Morgan fingerprint density at radius 2 is 2.16 bits per heavy atom. The minimum absolute atomic E-state index is 0.0161. The topological polar surface area (TPSA) is 89.7 Å². The molecule has 1 atom stereocenters. The summed E-state index contributed by atoms with van der Waals surface area (Å²) in [6.45, 7) is -0.0161. The van der Waals surface area contributed by atoms with Crippen molar-refractivity contribution in [1.29, 1.82) is 0 Å². The van der Waals surface area contributed by atoms with E-state index >= 15 is 0 Å². The maximum Gasteiger partial charge on any atom is 0.228 e. The van der Waals surface area contributed by atoms with Crippen molar-refractivity contribution in [1.82, 2.24) is 0 Å². The zero-order chi connectivity index (χ0) is 14.2. The van der Waals surface area contributed by atoms with Crippen molar-refractivity contribution in [3.05, 3.63) is 23.2 Å². The maximum atomic E-state index is 11.9. The number of amides is 1. The lowest BCUT2D eigenvalue weighted by Crippen LogP contribution is -2.32. The van der Waals surface area contributed by atoms with Crippen molar-refractivity contribution in [2.45, 2.75) is 11.7 Å². The average molecular weight is 305 g/mol. The van der Waals surface area contributed by atoms with Crippen LogP contribution in [0, 0.1) is 0 Å². The Morgan fingerprint density at radius 1 is 1.47 bits per heavy atom. The number of ether oxygens (including phenoxy) is 1. The second kappa shape index (κ2) is 4.99. The van der Waals surface area contributed by atoms with E-state index in [0.29, 0.717) is 16.5 Å². The standard InChI is InChI=1S/C11H13ClN2O4S/c1-18-9-4-2-3-8(12)11(9)14-6-7(5-10(14)15)19(13,16)17/h2-4,7H,5-6H2,1H3,(H2,13,16,17). The molecule has 0 aromatic heterocycles. The second-order valence-corrected chi connectivity index (χ2v) is 6.46. The molecule has 0 spiro atoms. The highest BCUT2D eigenvalue weighted by Gasteiger charge is 2.38. The van der Waals surface area contributed by atoms with Gasteiger partial charge >= 0.3 is 0 Å². The van der Waals surface area contributed by atoms with Gasteiger partial charge in [-0.25, -0.2) is 13.6 Å². The van der Waals surface area contributed by atoms with Gasteiger partial charge in [0.2, 0.25) is 15.9 Å². The Bertz CT molecular complexity index is 617. The summed E-state index contributed by atoms with van der Waals surface area (Å²) in [6, 6.07) is 4.94. The van der Waals surface area contributed by atoms with E-state index in [9.17, 15) is 13.2 Å². The number of hydrogen-bond acceptors (Lipinski definition) is 4. The SMILES string of the molecule is COc1cccc(Cl)c1N1CC(S(N)(=O)=O)CC1=O. The maximum absolute atomic E-state index is 11.9. The zero-order valence-corrected chi connectivity index (χ0v) is 11.7. The molecular weight excluding hydrogens is 292 g/mol. The van der Waals surface area contributed by atoms with E-state index in [-0.39, 0.29) is 18.9 Å². The summed E-state index contributed by atoms with van der Waals surface area (Å²) >= 11 is 6.06. The first-order chi connectivity index (χ1) is 8.84. The quantitative estimate of drug-likeness (QED) is 0.892. The van der Waals surface area contributed by atoms with Crippen LogP contribution in [0.4, 0.5) is 5.69 Å². The fraction of sp³-hybridized carbons (Fsp3) is 0.364. The number of carbonyl (C=O) groups excluding carboxylic acids is 1. The van der Waals surface area contributed by atoms with E-state index in [1.54, 1.807) is 18.2 Å². The lowest BCUT2D eigenvalue weighted by atomic mass is 10.2. The van der Waals surface area contributed by atoms with Crippen LogP contribution in [0.1, 0.15) is 6.42 Å². The first-order valence-electron chi connectivity index (χ1n) is 5.49. The first-order valence-corrected chi connectivity index (χ1v) is 7.48. The van der Waals surface area contributed by atoms with E-state index in [1.807, 2.05) is 0 Å². The van der Waals surface area contributed by atoms with Gasteiger partial charge < -0.3 is 9.64 Å². The molecule has 1 aromatic rings. The number of para-hydroxylation sites is 1. The molecular formula is C11H13ClN2O4S. The van der Waals surface area contributed by atoms with Crippen LogP contribution in [0.3, 0.4) is 0 Å². The van der Waals surface area contributed by atoms with Gasteiger partial charge in [0, 0.05) is 13.0 Å². The third-order valence-corrected chi connectivity index (χ3v) is 4.54. The van der Waals surface area contributed by atoms with Gasteiger partial charge in [0.25, 0.3) is 0 Å². The van der Waals surface area contributed by atoms with Crippen molar-refractivity contribution in [3.63, 3.8) is 0 Å². The molecule has 104 valence electrons. The van der Waals surface area contributed by atoms with Crippen molar-refractivity contribution in [2.24, 2.45) is 5.14 Å². The summed E-state index contributed by atoms with van der Waals surface area (Å²) in [6.07, 6.45) is -0.146. The molecule has 1 aliphatic rings. The van der Waals surface area contributed by atoms with Gasteiger partial charge in [0.05, 0.1) is 12.1 Å². The van der Waals surface area contributed by atoms with Gasteiger partial charge in [-0.2, -0.15) is 0 Å². The van der Waals surface area contributed by atoms with Crippen LogP contribution in [0.25, 0.3) is 0 Å². The lowest BCUT2D eigenvalue weighted by molar-refractivity contribution is -0.117. The number of methoxy groups -OCH3 is 1. The minimum Gasteiger partial charge on any atom is -0.495 e. The summed E-state index contributed by atoms with van der Waals surface area (Å²) in [7, 11) is -2.30. The van der Waals surface area contributed by atoms with Crippen LogP contribution in [-0.4, -0.2) is 33.2 Å². The van der Waals surface area contributed by atoms with Gasteiger partial charge in [-0.1, -0.05) is 17.7 Å². The first kappa shape index (κ1) is 14.1. The van der Waals surface area contributed by atoms with Crippen LogP contribution in [0.15, 0.2) is 18.2 Å². The normalized spacial score (nSPS) is 19.8. The number of hydrogen-bond donors (Lipinski definition) is 1. The molecule has 0 aliphatic carbocycles. The van der Waals surface area contributed by atoms with Crippen LogP contribution >= 0.6 is 11.6 Å². The number of nitrogens with two attached hydrogens (primary N) is 1. The van der Waals surface area contributed by atoms with Crippen molar-refractivity contribution in [3.8, 4) is 5.75 Å². The molecule has 8 heteroatoms. The Morgan fingerprint density at radius 3 is 2.68 bits per heavy atom. The van der Waals surface area contributed by atoms with E-state index in [1.165, 1.54) is 12.0 Å². The third kappa shape index (κ3) is 2.68. The van der Waals surface area contributed by atoms with Crippen LogP contribution in [0.5, 0.6) is 5.75 Å². The molecule has 1 unspecified atom stereocenters. The molecule has 0 saturated carbocycles. The molecule has 2 rings (SSSR count). The highest BCUT2D eigenvalue weighted by molar-refractivity contribution is 7.89. The van der Waals surface area contributed by atoms with Gasteiger partial charge in [-0.05, 0) is 12.1 Å². The van der Waals surface area contributed by atoms with Gasteiger partial charge in [0.1, 0.15) is 16.7 Å². The fourth-order valence-electron chi connectivity index (χ4n) is 2.03. The Kier molecular flexibility index (Phi) is 3.71. The van der Waals surface area contributed by atoms with Crippen molar-refractivity contribution in [2.75, 3.05) is 18.6 Å². The Balaban J connectivity index is 2.41. The van der Waals surface area contributed by atoms with Crippen LogP contribution in [-0.2, 0) is 14.8 Å². The number of benzene rings is 1. The molecule has 1 aliphatic heterocycles. The number of sulfonamides is 1. The fourth-order valence-corrected chi connectivity index (χ4v) is 3.03. The highest BCUT2D eigenvalue weighted by Crippen LogP contribution is 2.38. The Labute approximate surface area is 116 Å². The predicted molar refractivity (Wildman–Crippen MR) is 71.9 cm³/mol. The predicted octanol–water partition coefficient (Wildman–Crippen LogP) is 0.742. The minimum atomic E-state index is -3.76. The van der Waals surface area contributed by atoms with Crippen molar-refractivity contribution < 1.29 is 17.9 Å². The highest BCUT2D eigenvalue weighted by atomic mass is 35.5. The molecule has 1 fully saturated rings. The zero-order valence-electron chi connectivity index (χ0n) is 10.2. The number of nitrogens with zero attached hydrogens (tertiary/aromatic N) is 1. The van der Waals surface area contributed by atoms with E-state index in [2.05, 4.69) is 0 Å². The molecule has 1 amide bonds. The summed E-state index contributed by atoms with van der Waals surface area (Å²) in [4.78, 5) is 13.2. The molecule has 6 nitrogen and oxygen atoms in total. The summed E-state index contributed by atoms with van der Waals surface area (Å²) in [5.41, 5.74) is 0.378. The summed E-state index contributed by atoms with van der Waals surface area (Å²) < 4.78 is 27.8. The lowest BCUT2D eigenvalue weighted by Gasteiger charge is -2.20. The summed E-state index contributed by atoms with van der Waals surface area (Å²) in [5.74, 6) is 0.0707. The van der Waals surface area contributed by atoms with Crippen LogP contribution in [0.2, 0.25) is 5.02 Å². The largest absolute Gasteiger partial charge is 0.495 e. The molecule has 19 heavy (non-hydrogen) atoms. The monoisotopic (exact) mass is 304 g/mol. The number of anilines is 1. The third-order valence-electron chi connectivity index (χ3n) is 2.99. The van der Waals surface area contributed by atoms with Gasteiger partial charge in [0.15, 0.2) is 0 Å². The van der Waals surface area contributed by atoms with Crippen LogP contribution < -0.4 is 14.8 Å². The summed E-state index contributed by atoms with van der Waals surface area (Å²) in [5, 5.41) is 4.49. The van der Waals surface area contributed by atoms with E-state index < -0.39 is 15.3 Å². The molecule has 1 aromatic carbocycles. The number of rotatable bonds is 3. The molecule has 1 saturated heterocycles. The number of halogens is 1. The molecule has 1 heterocycles. The Hall–Kier alpha value is -1.31. The van der Waals surface area contributed by atoms with E-state index in [4.69, 9.17) is 21.5 Å². The average Bonchev–Trinajstić information content (AvgIpc) is 2.70. The van der Waals surface area contributed by atoms with Crippen molar-refractivity contribution >= 4 is 33.2 Å². The van der Waals surface area contributed by atoms with Gasteiger partial charge in [-0.15, -0.1) is 0 Å². The van der Waals surface area contributed by atoms with E-state index in [0.717, 1.165) is 0 Å². The molecule has 0 radical (unpaired) electrons. The smallest absolute Gasteiger partial charge is 0.228 e. The number of carbonyl (C=O) groups is 1. The number of primary sulfonamides is 1. The molecule has 0 bridgehead atoms. The molecule has 2 N–H and O–H groups in total. The second-order valence-electron chi connectivity index (χ2n) is 4.21. The van der Waals surface area contributed by atoms with Gasteiger partial charge in [-0.3, -0.25) is 4.79 Å².